The van der Waals surface area contributed by atoms with Gasteiger partial charge in [0.1, 0.15) is 9.91 Å². The fourth-order valence-electron chi connectivity index (χ4n) is 2.88. The van der Waals surface area contributed by atoms with Crippen LogP contribution in [0.3, 0.4) is 0 Å². The Bertz CT molecular complexity index is 704. The van der Waals surface area contributed by atoms with E-state index in [4.69, 9.17) is 55.7 Å². The van der Waals surface area contributed by atoms with E-state index in [9.17, 15) is 19.1 Å². The zero-order chi connectivity index (χ0) is 20.7. The van der Waals surface area contributed by atoms with Crippen molar-refractivity contribution in [3.05, 3.63) is 20.9 Å². The highest BCUT2D eigenvalue weighted by Gasteiger charge is 2.67. The van der Waals surface area contributed by atoms with Gasteiger partial charge in [0.2, 0.25) is 0 Å². The van der Waals surface area contributed by atoms with Crippen LogP contribution in [-0.2, 0) is 13.8 Å². The number of hydrogen-bond acceptors (Lipinski definition) is 4. The Kier molecular flexibility index (Phi) is 7.57. The van der Waals surface area contributed by atoms with Crippen LogP contribution in [0.1, 0.15) is 27.7 Å². The van der Waals surface area contributed by atoms with Crippen molar-refractivity contribution in [1.82, 2.24) is 5.32 Å². The molecule has 2 unspecified atom stereocenters. The number of hydrogen-bond donors (Lipinski definition) is 3. The molecule has 0 aromatic rings. The van der Waals surface area contributed by atoms with Gasteiger partial charge in [-0.2, -0.15) is 0 Å². The third-order valence-electron chi connectivity index (χ3n) is 4.05. The molecule has 0 aliphatic heterocycles. The summed E-state index contributed by atoms with van der Waals surface area (Å²) in [4.78, 5) is 29.2. The minimum absolute atomic E-state index is 0.174. The van der Waals surface area contributed by atoms with E-state index in [0.29, 0.717) is 0 Å². The molecule has 0 aromatic carbocycles. The van der Waals surface area contributed by atoms with Crippen LogP contribution >= 0.6 is 54.2 Å². The van der Waals surface area contributed by atoms with Crippen molar-refractivity contribution in [3.63, 3.8) is 0 Å². The summed E-state index contributed by atoms with van der Waals surface area (Å²) >= 11 is 25.6. The van der Waals surface area contributed by atoms with E-state index in [0.717, 1.165) is 0 Å². The topological polar surface area (TPSA) is 105 Å². The summed E-state index contributed by atoms with van der Waals surface area (Å²) < 4.78 is 22.2. The monoisotopic (exact) mass is 469 g/mol. The Morgan fingerprint density at radius 2 is 1.62 bits per heavy atom. The molecule has 0 saturated heterocycles. The van der Waals surface area contributed by atoms with Gasteiger partial charge >= 0.3 is 13.9 Å². The number of phosphoric acid groups is 1. The quantitative estimate of drug-likeness (QED) is 0.399. The number of carbonyl (C=O) groups is 1. The van der Waals surface area contributed by atoms with Crippen LogP contribution in [0.15, 0.2) is 20.9 Å². The molecule has 1 amide bonds. The average Bonchev–Trinajstić information content (AvgIpc) is 2.52. The van der Waals surface area contributed by atoms with E-state index in [1.807, 2.05) is 0 Å². The first kappa shape index (κ1) is 24.1. The maximum Gasteiger partial charge on any atom is 0.470 e. The summed E-state index contributed by atoms with van der Waals surface area (Å²) in [5, 5.41) is 1.50. The van der Waals surface area contributed by atoms with Gasteiger partial charge < -0.3 is 19.8 Å². The molecule has 1 rings (SSSR count). The van der Waals surface area contributed by atoms with Crippen LogP contribution in [0.2, 0.25) is 0 Å². The molecule has 0 fully saturated rings. The summed E-state index contributed by atoms with van der Waals surface area (Å²) in [5.41, 5.74) is -2.10. The number of phosphoric ester groups is 1. The third kappa shape index (κ3) is 3.91. The molecule has 7 nitrogen and oxygen atoms in total. The molecule has 3 N–H and O–H groups in total. The van der Waals surface area contributed by atoms with Crippen molar-refractivity contribution in [1.29, 1.82) is 0 Å². The fourth-order valence-corrected chi connectivity index (χ4v) is 5.24. The second kappa shape index (κ2) is 8.18. The van der Waals surface area contributed by atoms with Gasteiger partial charge in [0.15, 0.2) is 11.4 Å². The number of carbonyl (C=O) groups excluding carboxylic acids is 1. The first-order chi connectivity index (χ1) is 11.7. The van der Waals surface area contributed by atoms with Crippen LogP contribution < -0.4 is 5.32 Å². The maximum atomic E-state index is 11.9. The second-order valence-electron chi connectivity index (χ2n) is 6.25. The van der Waals surface area contributed by atoms with Gasteiger partial charge in [-0.25, -0.2) is 9.36 Å². The number of amides is 1. The molecule has 2 atom stereocenters. The second-order valence-corrected chi connectivity index (χ2v) is 9.14. The van der Waals surface area contributed by atoms with Gasteiger partial charge in [0.05, 0.1) is 10.1 Å². The number of alkyl halides is 1. The largest absolute Gasteiger partial charge is 0.470 e. The van der Waals surface area contributed by atoms with E-state index in [1.54, 1.807) is 27.7 Å². The van der Waals surface area contributed by atoms with Crippen molar-refractivity contribution < 1.29 is 28.4 Å². The third-order valence-corrected chi connectivity index (χ3v) is 7.00. The molecule has 1 aliphatic carbocycles. The number of allylic oxidation sites excluding steroid dienone is 2. The van der Waals surface area contributed by atoms with Gasteiger partial charge in [-0.05, 0) is 11.8 Å². The highest BCUT2D eigenvalue weighted by atomic mass is 35.5. The number of halogens is 4. The van der Waals surface area contributed by atoms with Gasteiger partial charge in [-0.15, -0.1) is 11.6 Å². The summed E-state index contributed by atoms with van der Waals surface area (Å²) in [5.74, 6) is -1.75. The first-order valence-electron chi connectivity index (χ1n) is 7.47. The molecular formula is C14H20Cl4NO6P. The van der Waals surface area contributed by atoms with Gasteiger partial charge in [0, 0.05) is 7.05 Å². The van der Waals surface area contributed by atoms with E-state index in [-0.39, 0.29) is 15.1 Å². The molecule has 0 aromatic heterocycles. The zero-order valence-electron chi connectivity index (χ0n) is 14.6. The molecule has 1 aliphatic rings. The zero-order valence-corrected chi connectivity index (χ0v) is 18.6. The highest BCUT2D eigenvalue weighted by Crippen LogP contribution is 2.63. The number of alkyl carbamates (subject to hydrolysis) is 1. The molecule has 0 bridgehead atoms. The summed E-state index contributed by atoms with van der Waals surface area (Å²) in [6.07, 6.45) is -0.956. The van der Waals surface area contributed by atoms with Crippen LogP contribution in [0.25, 0.3) is 0 Å². The maximum absolute atomic E-state index is 11.9. The van der Waals surface area contributed by atoms with E-state index in [1.165, 1.54) is 7.05 Å². The average molecular weight is 471 g/mol. The molecule has 0 heterocycles. The lowest BCUT2D eigenvalue weighted by Gasteiger charge is -2.52. The van der Waals surface area contributed by atoms with Crippen molar-refractivity contribution in [2.45, 2.75) is 38.2 Å². The Morgan fingerprint density at radius 3 is 1.96 bits per heavy atom. The predicted molar refractivity (Wildman–Crippen MR) is 101 cm³/mol. The molecule has 26 heavy (non-hydrogen) atoms. The number of ether oxygens (including phenoxy) is 1. The molecular weight excluding hydrogens is 451 g/mol. The fraction of sp³-hybridized carbons (Fsp3) is 0.643. The normalized spacial score (nSPS) is 27.4. The first-order valence-corrected chi connectivity index (χ1v) is 10.5. The van der Waals surface area contributed by atoms with E-state index in [2.05, 4.69) is 5.32 Å². The lowest BCUT2D eigenvalue weighted by atomic mass is 9.68. The van der Waals surface area contributed by atoms with Crippen LogP contribution in [0, 0.1) is 11.8 Å². The van der Waals surface area contributed by atoms with Crippen molar-refractivity contribution in [2.75, 3.05) is 7.05 Å². The number of nitrogens with one attached hydrogen (secondary N) is 1. The molecule has 0 saturated carbocycles. The molecule has 12 heteroatoms. The van der Waals surface area contributed by atoms with Crippen molar-refractivity contribution >= 4 is 60.3 Å². The van der Waals surface area contributed by atoms with Gasteiger partial charge in [-0.1, -0.05) is 62.5 Å². The van der Waals surface area contributed by atoms with Crippen LogP contribution in [0.5, 0.6) is 0 Å². The smallest absolute Gasteiger partial charge is 0.410 e. The van der Waals surface area contributed by atoms with E-state index >= 15 is 0 Å². The Morgan fingerprint density at radius 1 is 1.12 bits per heavy atom. The molecule has 0 radical (unpaired) electrons. The lowest BCUT2D eigenvalue weighted by molar-refractivity contribution is -0.0443. The number of rotatable bonds is 5. The SMILES string of the molecule is CNC(=O)OC1=C(Cl)C(Cl)=C(Cl)C(Cl)(C(C)C)C1(OP(=O)(O)O)C(C)C. The Labute approximate surface area is 171 Å². The van der Waals surface area contributed by atoms with Gasteiger partial charge in [-0.3, -0.25) is 4.52 Å². The Balaban J connectivity index is 3.99. The van der Waals surface area contributed by atoms with E-state index < -0.39 is 42.0 Å². The van der Waals surface area contributed by atoms with Crippen molar-refractivity contribution in [3.8, 4) is 0 Å². The minimum Gasteiger partial charge on any atom is -0.410 e. The lowest BCUT2D eigenvalue weighted by Crippen LogP contribution is -2.62. The van der Waals surface area contributed by atoms with Gasteiger partial charge in [0.25, 0.3) is 0 Å². The predicted octanol–water partition coefficient (Wildman–Crippen LogP) is 4.63. The summed E-state index contributed by atoms with van der Waals surface area (Å²) in [6.45, 7) is 6.43. The standard InChI is InChI=1S/C14H20Cl4NO6P/c1-6(2)13(18)10(17)8(15)9(16)11(24-12(20)19-5)14(13,7(3)4)25-26(21,22)23/h6-7H,1-5H3,(H,19,20)(H2,21,22,23). The Hall–Kier alpha value is 0.0200. The molecule has 150 valence electrons. The highest BCUT2D eigenvalue weighted by molar-refractivity contribution is 7.46. The van der Waals surface area contributed by atoms with Crippen molar-refractivity contribution in [2.24, 2.45) is 11.8 Å². The minimum atomic E-state index is -5.15. The van der Waals surface area contributed by atoms with Crippen LogP contribution in [0.4, 0.5) is 4.79 Å². The summed E-state index contributed by atoms with van der Waals surface area (Å²) in [6, 6.07) is 0. The summed E-state index contributed by atoms with van der Waals surface area (Å²) in [7, 11) is -3.86. The van der Waals surface area contributed by atoms with Crippen LogP contribution in [-0.4, -0.2) is 33.4 Å². The molecule has 0 spiro atoms.